The number of fused-ring (bicyclic) bond motifs is 1. The van der Waals surface area contributed by atoms with Crippen LogP contribution in [0.15, 0.2) is 24.3 Å². The highest BCUT2D eigenvalue weighted by Gasteiger charge is 2.20. The first-order chi connectivity index (χ1) is 10.1. The zero-order valence-electron chi connectivity index (χ0n) is 12.5. The minimum absolute atomic E-state index is 0.0837. The number of nitrogens with two attached hydrogens (primary N) is 1. The van der Waals surface area contributed by atoms with Gasteiger partial charge in [0.25, 0.3) is 0 Å². The van der Waals surface area contributed by atoms with Crippen molar-refractivity contribution in [3.05, 3.63) is 35.0 Å². The van der Waals surface area contributed by atoms with E-state index in [1.54, 1.807) is 0 Å². The minimum Gasteiger partial charge on any atom is -0.353 e. The van der Waals surface area contributed by atoms with Crippen LogP contribution in [0.3, 0.4) is 0 Å². The molecule has 1 aliphatic heterocycles. The fourth-order valence-corrected chi connectivity index (χ4v) is 3.01. The third-order valence-electron chi connectivity index (χ3n) is 4.08. The van der Waals surface area contributed by atoms with Gasteiger partial charge in [-0.05, 0) is 31.5 Å². The Kier molecular flexibility index (Phi) is 4.02. The third-order valence-corrected chi connectivity index (χ3v) is 4.39. The Labute approximate surface area is 130 Å². The van der Waals surface area contributed by atoms with Gasteiger partial charge in [0, 0.05) is 37.6 Å². The lowest BCUT2D eigenvalue weighted by Gasteiger charge is -2.34. The Hall–Kier alpha value is -1.36. The van der Waals surface area contributed by atoms with E-state index in [9.17, 15) is 0 Å². The standard InChI is InChI=1S/C16H21ClN4/c1-11(18)14-10-12-4-3-5-13(17)15(12)16(19-14)21-8-6-20(2)7-9-21/h3-5,10-11H,6-9,18H2,1-2H3/t11-/m0/s1. The Morgan fingerprint density at radius 3 is 2.62 bits per heavy atom. The smallest absolute Gasteiger partial charge is 0.138 e. The number of piperazine rings is 1. The molecule has 1 aromatic heterocycles. The molecule has 21 heavy (non-hydrogen) atoms. The summed E-state index contributed by atoms with van der Waals surface area (Å²) in [6.45, 7) is 5.97. The van der Waals surface area contributed by atoms with Crippen LogP contribution in [0.5, 0.6) is 0 Å². The summed E-state index contributed by atoms with van der Waals surface area (Å²) in [6, 6.07) is 7.94. The molecule has 112 valence electrons. The molecule has 2 heterocycles. The van der Waals surface area contributed by atoms with Gasteiger partial charge in [0.1, 0.15) is 5.82 Å². The SMILES string of the molecule is C[C@H](N)c1cc2cccc(Cl)c2c(N2CCN(C)CC2)n1. The minimum atomic E-state index is -0.0837. The largest absolute Gasteiger partial charge is 0.353 e. The first kappa shape index (κ1) is 14.6. The Balaban J connectivity index is 2.14. The predicted molar refractivity (Wildman–Crippen MR) is 89.1 cm³/mol. The summed E-state index contributed by atoms with van der Waals surface area (Å²) < 4.78 is 0. The van der Waals surface area contributed by atoms with E-state index in [1.165, 1.54) is 0 Å². The average molecular weight is 305 g/mol. The van der Waals surface area contributed by atoms with Crippen LogP contribution in [0.25, 0.3) is 10.8 Å². The molecule has 2 N–H and O–H groups in total. The van der Waals surface area contributed by atoms with Gasteiger partial charge in [0.15, 0.2) is 0 Å². The van der Waals surface area contributed by atoms with Gasteiger partial charge in [-0.25, -0.2) is 4.98 Å². The van der Waals surface area contributed by atoms with Crippen LogP contribution in [0.1, 0.15) is 18.7 Å². The summed E-state index contributed by atoms with van der Waals surface area (Å²) >= 11 is 6.43. The molecule has 0 aliphatic carbocycles. The van der Waals surface area contributed by atoms with Crippen molar-refractivity contribution >= 4 is 28.2 Å². The van der Waals surface area contributed by atoms with Gasteiger partial charge in [-0.15, -0.1) is 0 Å². The van der Waals surface area contributed by atoms with E-state index in [4.69, 9.17) is 22.3 Å². The van der Waals surface area contributed by atoms with E-state index in [0.717, 1.165) is 53.5 Å². The number of hydrogen-bond acceptors (Lipinski definition) is 4. The molecular weight excluding hydrogens is 284 g/mol. The van der Waals surface area contributed by atoms with E-state index in [2.05, 4.69) is 22.9 Å². The van der Waals surface area contributed by atoms with Gasteiger partial charge in [-0.2, -0.15) is 0 Å². The molecule has 5 heteroatoms. The molecule has 0 bridgehead atoms. The fourth-order valence-electron chi connectivity index (χ4n) is 2.75. The monoisotopic (exact) mass is 304 g/mol. The van der Waals surface area contributed by atoms with Crippen LogP contribution in [-0.2, 0) is 0 Å². The van der Waals surface area contributed by atoms with Gasteiger partial charge >= 0.3 is 0 Å². The number of likely N-dealkylation sites (N-methyl/N-ethyl adjacent to an activating group) is 1. The van der Waals surface area contributed by atoms with Crippen molar-refractivity contribution in [1.82, 2.24) is 9.88 Å². The zero-order valence-corrected chi connectivity index (χ0v) is 13.3. The lowest BCUT2D eigenvalue weighted by molar-refractivity contribution is 0.312. The maximum atomic E-state index is 6.43. The number of nitrogens with zero attached hydrogens (tertiary/aromatic N) is 3. The van der Waals surface area contributed by atoms with E-state index >= 15 is 0 Å². The molecule has 1 aromatic carbocycles. The molecule has 3 rings (SSSR count). The average Bonchev–Trinajstić information content (AvgIpc) is 2.47. The second-order valence-corrected chi connectivity index (χ2v) is 6.19. The summed E-state index contributed by atoms with van der Waals surface area (Å²) in [5.74, 6) is 0.971. The first-order valence-electron chi connectivity index (χ1n) is 7.34. The molecule has 0 unspecified atom stereocenters. The molecule has 0 spiro atoms. The summed E-state index contributed by atoms with van der Waals surface area (Å²) in [6.07, 6.45) is 0. The summed E-state index contributed by atoms with van der Waals surface area (Å²) in [5, 5.41) is 2.90. The molecule has 4 nitrogen and oxygen atoms in total. The molecular formula is C16H21ClN4. The lowest BCUT2D eigenvalue weighted by Crippen LogP contribution is -2.45. The predicted octanol–water partition coefficient (Wildman–Crippen LogP) is 2.66. The number of benzene rings is 1. The summed E-state index contributed by atoms with van der Waals surface area (Å²) in [4.78, 5) is 9.46. The Morgan fingerprint density at radius 2 is 1.95 bits per heavy atom. The maximum Gasteiger partial charge on any atom is 0.138 e. The first-order valence-corrected chi connectivity index (χ1v) is 7.72. The van der Waals surface area contributed by atoms with Crippen LogP contribution < -0.4 is 10.6 Å². The van der Waals surface area contributed by atoms with Crippen LogP contribution in [0, 0.1) is 0 Å². The quantitative estimate of drug-likeness (QED) is 0.926. The van der Waals surface area contributed by atoms with Crippen molar-refractivity contribution in [3.63, 3.8) is 0 Å². The molecule has 1 saturated heterocycles. The molecule has 1 atom stereocenters. The molecule has 1 fully saturated rings. The van der Waals surface area contributed by atoms with Crippen LogP contribution >= 0.6 is 11.6 Å². The van der Waals surface area contributed by atoms with Crippen molar-refractivity contribution in [3.8, 4) is 0 Å². The molecule has 0 saturated carbocycles. The van der Waals surface area contributed by atoms with Crippen molar-refractivity contribution in [1.29, 1.82) is 0 Å². The van der Waals surface area contributed by atoms with Crippen molar-refractivity contribution in [2.45, 2.75) is 13.0 Å². The van der Waals surface area contributed by atoms with E-state index < -0.39 is 0 Å². The normalized spacial score (nSPS) is 18.2. The second kappa shape index (κ2) is 5.79. The van der Waals surface area contributed by atoms with E-state index in [0.29, 0.717) is 0 Å². The van der Waals surface area contributed by atoms with Gasteiger partial charge in [-0.3, -0.25) is 0 Å². The third kappa shape index (κ3) is 2.84. The summed E-state index contributed by atoms with van der Waals surface area (Å²) in [5.41, 5.74) is 6.96. The molecule has 0 amide bonds. The van der Waals surface area contributed by atoms with Crippen LogP contribution in [0.4, 0.5) is 5.82 Å². The number of halogens is 1. The number of rotatable bonds is 2. The van der Waals surface area contributed by atoms with Crippen molar-refractivity contribution < 1.29 is 0 Å². The van der Waals surface area contributed by atoms with E-state index in [1.807, 2.05) is 25.1 Å². The van der Waals surface area contributed by atoms with Gasteiger partial charge < -0.3 is 15.5 Å². The zero-order chi connectivity index (χ0) is 15.0. The molecule has 2 aromatic rings. The Bertz CT molecular complexity index is 648. The highest BCUT2D eigenvalue weighted by atomic mass is 35.5. The molecule has 0 radical (unpaired) electrons. The van der Waals surface area contributed by atoms with Crippen LogP contribution in [0.2, 0.25) is 5.02 Å². The fraction of sp³-hybridized carbons (Fsp3) is 0.438. The van der Waals surface area contributed by atoms with Gasteiger partial charge in [-0.1, -0.05) is 23.7 Å². The van der Waals surface area contributed by atoms with Crippen LogP contribution in [-0.4, -0.2) is 43.1 Å². The van der Waals surface area contributed by atoms with Crippen molar-refractivity contribution in [2.24, 2.45) is 5.73 Å². The second-order valence-electron chi connectivity index (χ2n) is 5.79. The maximum absolute atomic E-state index is 6.43. The topological polar surface area (TPSA) is 45.4 Å². The highest BCUT2D eigenvalue weighted by Crippen LogP contribution is 2.33. The highest BCUT2D eigenvalue weighted by molar-refractivity contribution is 6.36. The van der Waals surface area contributed by atoms with Gasteiger partial charge in [0.05, 0.1) is 10.7 Å². The van der Waals surface area contributed by atoms with Crippen molar-refractivity contribution in [2.75, 3.05) is 38.1 Å². The number of pyridine rings is 1. The Morgan fingerprint density at radius 1 is 1.24 bits per heavy atom. The number of hydrogen-bond donors (Lipinski definition) is 1. The van der Waals surface area contributed by atoms with E-state index in [-0.39, 0.29) is 6.04 Å². The number of anilines is 1. The van der Waals surface area contributed by atoms with Gasteiger partial charge in [0.2, 0.25) is 0 Å². The molecule has 1 aliphatic rings. The number of aromatic nitrogens is 1. The summed E-state index contributed by atoms with van der Waals surface area (Å²) in [7, 11) is 2.15. The lowest BCUT2D eigenvalue weighted by atomic mass is 10.1.